The number of nitrogens with zero attached hydrogens (tertiary/aromatic N) is 2. The highest BCUT2D eigenvalue weighted by atomic mass is 15.3. The third-order valence-corrected chi connectivity index (χ3v) is 3.82. The predicted molar refractivity (Wildman–Crippen MR) is 76.9 cm³/mol. The molecule has 1 saturated carbocycles. The molecule has 0 unspecified atom stereocenters. The molecule has 1 aliphatic carbocycles. The average molecular weight is 255 g/mol. The Labute approximate surface area is 114 Å². The van der Waals surface area contributed by atoms with Crippen LogP contribution in [0.3, 0.4) is 0 Å². The van der Waals surface area contributed by atoms with E-state index in [4.69, 9.17) is 5.73 Å². The van der Waals surface area contributed by atoms with Gasteiger partial charge in [0.2, 0.25) is 0 Å². The lowest BCUT2D eigenvalue weighted by atomic mass is 10.1. The molecule has 3 nitrogen and oxygen atoms in total. The summed E-state index contributed by atoms with van der Waals surface area (Å²) in [4.78, 5) is 0. The number of rotatable bonds is 6. The third kappa shape index (κ3) is 2.87. The summed E-state index contributed by atoms with van der Waals surface area (Å²) in [6.45, 7) is 1.62. The molecule has 0 bridgehead atoms. The molecule has 19 heavy (non-hydrogen) atoms. The minimum Gasteiger partial charge on any atom is -0.326 e. The van der Waals surface area contributed by atoms with Crippen LogP contribution in [-0.4, -0.2) is 9.78 Å². The van der Waals surface area contributed by atoms with Crippen LogP contribution in [0, 0.1) is 0 Å². The third-order valence-electron chi connectivity index (χ3n) is 3.82. The SMILES string of the molecule is NCc1cnn(CCCc2ccccc2)c1C1CC1. The van der Waals surface area contributed by atoms with Crippen molar-refractivity contribution in [3.05, 3.63) is 53.3 Å². The van der Waals surface area contributed by atoms with Gasteiger partial charge in [-0.15, -0.1) is 0 Å². The summed E-state index contributed by atoms with van der Waals surface area (Å²) >= 11 is 0. The zero-order valence-corrected chi connectivity index (χ0v) is 11.3. The molecule has 0 atom stereocenters. The maximum Gasteiger partial charge on any atom is 0.0537 e. The molecule has 2 N–H and O–H groups in total. The Balaban J connectivity index is 1.62. The summed E-state index contributed by atoms with van der Waals surface area (Å²) in [6.07, 6.45) is 6.81. The fourth-order valence-electron chi connectivity index (χ4n) is 2.68. The van der Waals surface area contributed by atoms with Crippen LogP contribution in [0.2, 0.25) is 0 Å². The van der Waals surface area contributed by atoms with Gasteiger partial charge in [0.25, 0.3) is 0 Å². The molecule has 3 heteroatoms. The van der Waals surface area contributed by atoms with E-state index in [9.17, 15) is 0 Å². The van der Waals surface area contributed by atoms with Gasteiger partial charge in [-0.25, -0.2) is 0 Å². The maximum absolute atomic E-state index is 5.80. The van der Waals surface area contributed by atoms with Crippen molar-refractivity contribution >= 4 is 0 Å². The molecular weight excluding hydrogens is 234 g/mol. The summed E-state index contributed by atoms with van der Waals surface area (Å²) < 4.78 is 2.18. The Kier molecular flexibility index (Phi) is 3.65. The van der Waals surface area contributed by atoms with Crippen LogP contribution in [0.5, 0.6) is 0 Å². The van der Waals surface area contributed by atoms with E-state index in [-0.39, 0.29) is 0 Å². The van der Waals surface area contributed by atoms with Crippen LogP contribution in [0.15, 0.2) is 36.5 Å². The fourth-order valence-corrected chi connectivity index (χ4v) is 2.68. The van der Waals surface area contributed by atoms with Crippen molar-refractivity contribution in [3.63, 3.8) is 0 Å². The topological polar surface area (TPSA) is 43.8 Å². The van der Waals surface area contributed by atoms with Gasteiger partial charge in [-0.1, -0.05) is 30.3 Å². The molecule has 0 radical (unpaired) electrons. The monoisotopic (exact) mass is 255 g/mol. The predicted octanol–water partition coefficient (Wildman–Crippen LogP) is 2.85. The second-order valence-corrected chi connectivity index (χ2v) is 5.35. The number of hydrogen-bond donors (Lipinski definition) is 1. The molecule has 0 saturated heterocycles. The van der Waals surface area contributed by atoms with Crippen LogP contribution in [-0.2, 0) is 19.5 Å². The minimum absolute atomic E-state index is 0.616. The van der Waals surface area contributed by atoms with Crippen molar-refractivity contribution in [1.29, 1.82) is 0 Å². The Morgan fingerprint density at radius 2 is 2.00 bits per heavy atom. The molecule has 1 heterocycles. The van der Waals surface area contributed by atoms with E-state index in [1.165, 1.54) is 29.7 Å². The molecule has 3 rings (SSSR count). The van der Waals surface area contributed by atoms with Gasteiger partial charge in [0.05, 0.1) is 6.20 Å². The van der Waals surface area contributed by atoms with Crippen molar-refractivity contribution < 1.29 is 0 Å². The minimum atomic E-state index is 0.616. The Bertz CT molecular complexity index is 526. The number of aryl methyl sites for hydroxylation is 2. The van der Waals surface area contributed by atoms with Gasteiger partial charge in [0, 0.05) is 30.3 Å². The number of nitrogens with two attached hydrogens (primary N) is 1. The van der Waals surface area contributed by atoms with Crippen molar-refractivity contribution in [2.45, 2.75) is 44.7 Å². The van der Waals surface area contributed by atoms with Crippen LogP contribution in [0.4, 0.5) is 0 Å². The Morgan fingerprint density at radius 1 is 1.21 bits per heavy atom. The highest BCUT2D eigenvalue weighted by Crippen LogP contribution is 2.41. The Morgan fingerprint density at radius 3 is 2.68 bits per heavy atom. The highest BCUT2D eigenvalue weighted by Gasteiger charge is 2.29. The van der Waals surface area contributed by atoms with Crippen LogP contribution in [0.25, 0.3) is 0 Å². The van der Waals surface area contributed by atoms with Gasteiger partial charge in [0.1, 0.15) is 0 Å². The quantitative estimate of drug-likeness (QED) is 0.862. The summed E-state index contributed by atoms with van der Waals surface area (Å²) in [5.74, 6) is 0.720. The van der Waals surface area contributed by atoms with Gasteiger partial charge in [-0.2, -0.15) is 5.10 Å². The second kappa shape index (κ2) is 5.57. The molecule has 2 aromatic rings. The van der Waals surface area contributed by atoms with Gasteiger partial charge in [-0.3, -0.25) is 4.68 Å². The van der Waals surface area contributed by atoms with Crippen LogP contribution in [0.1, 0.15) is 42.0 Å². The van der Waals surface area contributed by atoms with E-state index in [0.29, 0.717) is 6.54 Å². The smallest absolute Gasteiger partial charge is 0.0537 e. The molecule has 1 aromatic heterocycles. The summed E-state index contributed by atoms with van der Waals surface area (Å²) in [7, 11) is 0. The van der Waals surface area contributed by atoms with Crippen molar-refractivity contribution in [2.75, 3.05) is 0 Å². The van der Waals surface area contributed by atoms with E-state index in [0.717, 1.165) is 25.3 Å². The lowest BCUT2D eigenvalue weighted by Crippen LogP contribution is -2.08. The van der Waals surface area contributed by atoms with Gasteiger partial charge >= 0.3 is 0 Å². The zero-order chi connectivity index (χ0) is 13.1. The van der Waals surface area contributed by atoms with E-state index in [1.54, 1.807) is 0 Å². The lowest BCUT2D eigenvalue weighted by molar-refractivity contribution is 0.554. The molecular formula is C16H21N3. The number of hydrogen-bond acceptors (Lipinski definition) is 2. The number of aromatic nitrogens is 2. The first kappa shape index (κ1) is 12.4. The molecule has 0 spiro atoms. The van der Waals surface area contributed by atoms with Crippen molar-refractivity contribution in [2.24, 2.45) is 5.73 Å². The van der Waals surface area contributed by atoms with E-state index in [1.807, 2.05) is 6.20 Å². The highest BCUT2D eigenvalue weighted by molar-refractivity contribution is 5.25. The van der Waals surface area contributed by atoms with E-state index >= 15 is 0 Å². The first-order chi connectivity index (χ1) is 9.38. The first-order valence-corrected chi connectivity index (χ1v) is 7.17. The maximum atomic E-state index is 5.80. The Hall–Kier alpha value is -1.61. The van der Waals surface area contributed by atoms with Crippen molar-refractivity contribution in [3.8, 4) is 0 Å². The normalized spacial score (nSPS) is 14.8. The van der Waals surface area contributed by atoms with Crippen molar-refractivity contribution in [1.82, 2.24) is 9.78 Å². The molecule has 0 aliphatic heterocycles. The van der Waals surface area contributed by atoms with Crippen LogP contribution < -0.4 is 5.73 Å². The summed E-state index contributed by atoms with van der Waals surface area (Å²) in [6, 6.07) is 10.7. The average Bonchev–Trinajstić information content (AvgIpc) is 3.21. The molecule has 1 aliphatic rings. The molecule has 0 amide bonds. The first-order valence-electron chi connectivity index (χ1n) is 7.17. The summed E-state index contributed by atoms with van der Waals surface area (Å²) in [5, 5.41) is 4.52. The lowest BCUT2D eigenvalue weighted by Gasteiger charge is -2.08. The number of benzene rings is 1. The van der Waals surface area contributed by atoms with E-state index in [2.05, 4.69) is 40.1 Å². The van der Waals surface area contributed by atoms with E-state index < -0.39 is 0 Å². The molecule has 1 aromatic carbocycles. The zero-order valence-electron chi connectivity index (χ0n) is 11.3. The summed E-state index contributed by atoms with van der Waals surface area (Å²) in [5.41, 5.74) is 9.84. The van der Waals surface area contributed by atoms with Crippen LogP contribution >= 0.6 is 0 Å². The van der Waals surface area contributed by atoms with Gasteiger partial charge < -0.3 is 5.73 Å². The fraction of sp³-hybridized carbons (Fsp3) is 0.438. The molecule has 100 valence electrons. The second-order valence-electron chi connectivity index (χ2n) is 5.35. The van der Waals surface area contributed by atoms with Gasteiger partial charge in [-0.05, 0) is 31.2 Å². The van der Waals surface area contributed by atoms with Gasteiger partial charge in [0.15, 0.2) is 0 Å². The molecule has 1 fully saturated rings. The largest absolute Gasteiger partial charge is 0.326 e. The standard InChI is InChI=1S/C16H21N3/c17-11-15-12-18-19(16(15)14-8-9-14)10-4-7-13-5-2-1-3-6-13/h1-3,5-6,12,14H,4,7-11,17H2.